The minimum Gasteiger partial charge on any atom is -0.379 e. The molecule has 58 valence electrons. The first-order valence-corrected chi connectivity index (χ1v) is 4.32. The van der Waals surface area contributed by atoms with E-state index in [0.717, 1.165) is 11.5 Å². The zero-order valence-corrected chi connectivity index (χ0v) is 7.55. The molecule has 1 fully saturated rings. The van der Waals surface area contributed by atoms with Crippen molar-refractivity contribution in [3.05, 3.63) is 0 Å². The minimum absolute atomic E-state index is 0.242. The SMILES string of the molecule is CC1(C)CCCCNC1=S. The van der Waals surface area contributed by atoms with Crippen LogP contribution in [0.1, 0.15) is 33.1 Å². The van der Waals surface area contributed by atoms with E-state index in [-0.39, 0.29) is 5.41 Å². The van der Waals surface area contributed by atoms with Crippen LogP contribution in [0.25, 0.3) is 0 Å². The van der Waals surface area contributed by atoms with Gasteiger partial charge in [0.1, 0.15) is 0 Å². The maximum Gasteiger partial charge on any atom is 0.0810 e. The van der Waals surface area contributed by atoms with Crippen molar-refractivity contribution in [3.63, 3.8) is 0 Å². The summed E-state index contributed by atoms with van der Waals surface area (Å²) in [6.07, 6.45) is 3.81. The van der Waals surface area contributed by atoms with Crippen LogP contribution in [-0.2, 0) is 0 Å². The lowest BCUT2D eigenvalue weighted by molar-refractivity contribution is 0.468. The molecule has 1 saturated heterocycles. The van der Waals surface area contributed by atoms with Crippen molar-refractivity contribution in [1.29, 1.82) is 0 Å². The van der Waals surface area contributed by atoms with Crippen LogP contribution in [0.2, 0.25) is 0 Å². The van der Waals surface area contributed by atoms with Gasteiger partial charge in [0.25, 0.3) is 0 Å². The van der Waals surface area contributed by atoms with E-state index in [4.69, 9.17) is 12.2 Å². The summed E-state index contributed by atoms with van der Waals surface area (Å²) in [7, 11) is 0. The van der Waals surface area contributed by atoms with Gasteiger partial charge in [-0.2, -0.15) is 0 Å². The van der Waals surface area contributed by atoms with Gasteiger partial charge < -0.3 is 5.32 Å². The zero-order chi connectivity index (χ0) is 7.61. The molecule has 0 spiro atoms. The van der Waals surface area contributed by atoms with Crippen molar-refractivity contribution < 1.29 is 0 Å². The third kappa shape index (κ3) is 1.69. The molecule has 1 aliphatic heterocycles. The Hall–Kier alpha value is -0.110. The van der Waals surface area contributed by atoms with Crippen molar-refractivity contribution >= 4 is 17.2 Å². The summed E-state index contributed by atoms with van der Waals surface area (Å²) < 4.78 is 0. The molecule has 2 heteroatoms. The maximum atomic E-state index is 5.22. The Morgan fingerprint density at radius 3 is 2.80 bits per heavy atom. The van der Waals surface area contributed by atoms with Crippen molar-refractivity contribution in [1.82, 2.24) is 5.32 Å². The Kier molecular flexibility index (Phi) is 2.29. The summed E-state index contributed by atoms with van der Waals surface area (Å²) >= 11 is 5.22. The second-order valence-corrected chi connectivity index (χ2v) is 4.01. The Bertz CT molecular complexity index is 140. The predicted octanol–water partition coefficient (Wildman–Crippen LogP) is 2.11. The van der Waals surface area contributed by atoms with Gasteiger partial charge in [-0.1, -0.05) is 32.5 Å². The van der Waals surface area contributed by atoms with Gasteiger partial charge in [-0.3, -0.25) is 0 Å². The molecule has 1 rings (SSSR count). The molecule has 0 bridgehead atoms. The van der Waals surface area contributed by atoms with Crippen molar-refractivity contribution in [2.75, 3.05) is 6.54 Å². The molecule has 0 saturated carbocycles. The summed E-state index contributed by atoms with van der Waals surface area (Å²) in [5, 5.41) is 3.27. The highest BCUT2D eigenvalue weighted by Gasteiger charge is 2.24. The topological polar surface area (TPSA) is 12.0 Å². The van der Waals surface area contributed by atoms with Crippen LogP contribution in [-0.4, -0.2) is 11.5 Å². The van der Waals surface area contributed by atoms with E-state index in [9.17, 15) is 0 Å². The van der Waals surface area contributed by atoms with Gasteiger partial charge in [-0.05, 0) is 12.8 Å². The summed E-state index contributed by atoms with van der Waals surface area (Å²) in [5.41, 5.74) is 0.242. The quantitative estimate of drug-likeness (QED) is 0.540. The standard InChI is InChI=1S/C8H15NS/c1-8(2)5-3-4-6-9-7(8)10/h3-6H2,1-2H3,(H,9,10). The first kappa shape index (κ1) is 7.99. The Balaban J connectivity index is 2.61. The molecule has 10 heavy (non-hydrogen) atoms. The molecule has 1 aliphatic rings. The highest BCUT2D eigenvalue weighted by Crippen LogP contribution is 2.26. The predicted molar refractivity (Wildman–Crippen MR) is 48.2 cm³/mol. The van der Waals surface area contributed by atoms with Gasteiger partial charge in [0.15, 0.2) is 0 Å². The fourth-order valence-corrected chi connectivity index (χ4v) is 1.45. The minimum atomic E-state index is 0.242. The molecule has 0 aromatic heterocycles. The number of hydrogen-bond acceptors (Lipinski definition) is 1. The highest BCUT2D eigenvalue weighted by molar-refractivity contribution is 7.80. The average Bonchev–Trinajstić information content (AvgIpc) is 1.96. The highest BCUT2D eigenvalue weighted by atomic mass is 32.1. The smallest absolute Gasteiger partial charge is 0.0810 e. The van der Waals surface area contributed by atoms with E-state index in [0.29, 0.717) is 0 Å². The van der Waals surface area contributed by atoms with E-state index in [2.05, 4.69) is 19.2 Å². The molecular weight excluding hydrogens is 142 g/mol. The molecule has 0 atom stereocenters. The lowest BCUT2D eigenvalue weighted by atomic mass is 9.88. The van der Waals surface area contributed by atoms with Gasteiger partial charge in [0.05, 0.1) is 4.99 Å². The molecule has 0 unspecified atom stereocenters. The first-order chi connectivity index (χ1) is 4.63. The van der Waals surface area contributed by atoms with E-state index in [1.165, 1.54) is 19.3 Å². The average molecular weight is 157 g/mol. The molecule has 1 heterocycles. The normalized spacial score (nSPS) is 25.2. The molecule has 1 N–H and O–H groups in total. The molecule has 0 aromatic carbocycles. The molecule has 0 aromatic rings. The van der Waals surface area contributed by atoms with Crippen LogP contribution < -0.4 is 5.32 Å². The summed E-state index contributed by atoms with van der Waals surface area (Å²) in [4.78, 5) is 1.05. The Morgan fingerprint density at radius 1 is 1.40 bits per heavy atom. The van der Waals surface area contributed by atoms with Crippen molar-refractivity contribution in [2.45, 2.75) is 33.1 Å². The molecule has 1 nitrogen and oxygen atoms in total. The first-order valence-electron chi connectivity index (χ1n) is 3.91. The van der Waals surface area contributed by atoms with Gasteiger partial charge in [-0.15, -0.1) is 0 Å². The number of rotatable bonds is 0. The van der Waals surface area contributed by atoms with E-state index in [1.807, 2.05) is 0 Å². The van der Waals surface area contributed by atoms with E-state index in [1.54, 1.807) is 0 Å². The second kappa shape index (κ2) is 2.87. The maximum absolute atomic E-state index is 5.22. The van der Waals surface area contributed by atoms with Gasteiger partial charge >= 0.3 is 0 Å². The Labute approximate surface area is 68.2 Å². The Morgan fingerprint density at radius 2 is 2.10 bits per heavy atom. The second-order valence-electron chi connectivity index (χ2n) is 3.60. The van der Waals surface area contributed by atoms with Crippen molar-refractivity contribution in [3.8, 4) is 0 Å². The van der Waals surface area contributed by atoms with Gasteiger partial charge in [0.2, 0.25) is 0 Å². The third-order valence-corrected chi connectivity index (χ3v) is 2.83. The molecule has 0 aliphatic carbocycles. The summed E-state index contributed by atoms with van der Waals surface area (Å²) in [6.45, 7) is 5.50. The van der Waals surface area contributed by atoms with Crippen LogP contribution in [0.3, 0.4) is 0 Å². The van der Waals surface area contributed by atoms with Gasteiger partial charge in [-0.25, -0.2) is 0 Å². The van der Waals surface area contributed by atoms with Crippen LogP contribution in [0.5, 0.6) is 0 Å². The fourth-order valence-electron chi connectivity index (χ4n) is 1.25. The molecule has 0 amide bonds. The van der Waals surface area contributed by atoms with Crippen LogP contribution in [0.15, 0.2) is 0 Å². The lowest BCUT2D eigenvalue weighted by Gasteiger charge is -2.22. The lowest BCUT2D eigenvalue weighted by Crippen LogP contribution is -2.33. The summed E-state index contributed by atoms with van der Waals surface area (Å²) in [5.74, 6) is 0. The van der Waals surface area contributed by atoms with Crippen LogP contribution in [0.4, 0.5) is 0 Å². The van der Waals surface area contributed by atoms with E-state index < -0.39 is 0 Å². The number of nitrogens with one attached hydrogen (secondary N) is 1. The molecule has 0 radical (unpaired) electrons. The largest absolute Gasteiger partial charge is 0.379 e. The molecular formula is C8H15NS. The van der Waals surface area contributed by atoms with Crippen molar-refractivity contribution in [2.24, 2.45) is 5.41 Å². The van der Waals surface area contributed by atoms with E-state index >= 15 is 0 Å². The van der Waals surface area contributed by atoms with Crippen LogP contribution >= 0.6 is 12.2 Å². The summed E-state index contributed by atoms with van der Waals surface area (Å²) in [6, 6.07) is 0. The monoisotopic (exact) mass is 157 g/mol. The third-order valence-electron chi connectivity index (χ3n) is 2.13. The van der Waals surface area contributed by atoms with Gasteiger partial charge in [0, 0.05) is 12.0 Å². The zero-order valence-electron chi connectivity index (χ0n) is 6.74. The van der Waals surface area contributed by atoms with Crippen LogP contribution in [0, 0.1) is 5.41 Å². The fraction of sp³-hybridized carbons (Fsp3) is 0.875. The number of thiocarbonyl (C=S) groups is 1. The number of hydrogen-bond donors (Lipinski definition) is 1.